The van der Waals surface area contributed by atoms with Gasteiger partial charge in [0.15, 0.2) is 0 Å². The Morgan fingerprint density at radius 1 is 1.19 bits per heavy atom. The SMILES string of the molecule is Cc1cc(NC(=O)Cc2c(C)nn(-c3cccc(C(F)(F)F)c3)c2C)n(CCC#N)n1. The molecule has 0 bridgehead atoms. The van der Waals surface area contributed by atoms with Crippen LogP contribution in [0.2, 0.25) is 0 Å². The topological polar surface area (TPSA) is 88.5 Å². The van der Waals surface area contributed by atoms with Gasteiger partial charge in [-0.05, 0) is 39.0 Å². The van der Waals surface area contributed by atoms with E-state index < -0.39 is 11.7 Å². The number of hydrogen-bond acceptors (Lipinski definition) is 4. The van der Waals surface area contributed by atoms with Crippen molar-refractivity contribution < 1.29 is 18.0 Å². The maximum atomic E-state index is 13.1. The molecule has 2 heterocycles. The van der Waals surface area contributed by atoms with E-state index in [1.54, 1.807) is 31.5 Å². The maximum Gasteiger partial charge on any atom is 0.416 e. The smallest absolute Gasteiger partial charge is 0.311 e. The monoisotopic (exact) mass is 430 g/mol. The van der Waals surface area contributed by atoms with Crippen LogP contribution in [0.3, 0.4) is 0 Å². The summed E-state index contributed by atoms with van der Waals surface area (Å²) in [7, 11) is 0. The molecule has 10 heteroatoms. The number of hydrogen-bond donors (Lipinski definition) is 1. The molecule has 0 fully saturated rings. The predicted octanol–water partition coefficient (Wildman–Crippen LogP) is 4.11. The second-order valence-corrected chi connectivity index (χ2v) is 7.14. The van der Waals surface area contributed by atoms with Crippen molar-refractivity contribution in [2.24, 2.45) is 0 Å². The number of aryl methyl sites for hydroxylation is 3. The van der Waals surface area contributed by atoms with Gasteiger partial charge in [-0.15, -0.1) is 0 Å². The molecule has 3 rings (SSSR count). The van der Waals surface area contributed by atoms with E-state index in [0.29, 0.717) is 35.0 Å². The molecule has 0 atom stereocenters. The Hall–Kier alpha value is -3.61. The maximum absolute atomic E-state index is 13.1. The predicted molar refractivity (Wildman–Crippen MR) is 108 cm³/mol. The Labute approximate surface area is 177 Å². The van der Waals surface area contributed by atoms with Crippen LogP contribution in [0.25, 0.3) is 5.69 Å². The molecule has 1 aromatic carbocycles. The number of alkyl halides is 3. The van der Waals surface area contributed by atoms with Crippen LogP contribution in [0.4, 0.5) is 19.0 Å². The van der Waals surface area contributed by atoms with Gasteiger partial charge in [0.25, 0.3) is 0 Å². The van der Waals surface area contributed by atoms with Crippen LogP contribution in [0.15, 0.2) is 30.3 Å². The average Bonchev–Trinajstić information content (AvgIpc) is 3.19. The van der Waals surface area contributed by atoms with E-state index in [4.69, 9.17) is 5.26 Å². The Bertz CT molecular complexity index is 1150. The standard InChI is InChI=1S/C21H21F3N6O/c1-13-10-19(29(27-13)9-5-8-25)26-20(31)12-18-14(2)28-30(15(18)3)17-7-4-6-16(11-17)21(22,23)24/h4,6-7,10-11H,5,9,12H2,1-3H3,(H,26,31). The molecule has 162 valence electrons. The number of rotatable bonds is 6. The first-order chi connectivity index (χ1) is 14.6. The van der Waals surface area contributed by atoms with Gasteiger partial charge in [0.2, 0.25) is 5.91 Å². The third-order valence-corrected chi connectivity index (χ3v) is 4.80. The molecule has 3 aromatic rings. The Morgan fingerprint density at radius 3 is 2.61 bits per heavy atom. The number of nitrogens with one attached hydrogen (secondary N) is 1. The van der Waals surface area contributed by atoms with Crippen molar-refractivity contribution >= 4 is 11.7 Å². The van der Waals surface area contributed by atoms with Crippen LogP contribution in [0, 0.1) is 32.1 Å². The second kappa shape index (κ2) is 8.63. The molecule has 2 aromatic heterocycles. The van der Waals surface area contributed by atoms with Crippen molar-refractivity contribution in [1.29, 1.82) is 5.26 Å². The van der Waals surface area contributed by atoms with Gasteiger partial charge < -0.3 is 5.32 Å². The molecule has 1 N–H and O–H groups in total. The van der Waals surface area contributed by atoms with Gasteiger partial charge in [-0.3, -0.25) is 4.79 Å². The zero-order valence-electron chi connectivity index (χ0n) is 17.3. The van der Waals surface area contributed by atoms with Gasteiger partial charge in [-0.25, -0.2) is 9.36 Å². The van der Waals surface area contributed by atoms with Crippen molar-refractivity contribution in [3.05, 3.63) is 58.5 Å². The van der Waals surface area contributed by atoms with E-state index in [-0.39, 0.29) is 24.4 Å². The van der Waals surface area contributed by atoms with E-state index in [1.165, 1.54) is 16.8 Å². The number of nitriles is 1. The average molecular weight is 430 g/mol. The highest BCUT2D eigenvalue weighted by Crippen LogP contribution is 2.31. The second-order valence-electron chi connectivity index (χ2n) is 7.14. The number of anilines is 1. The van der Waals surface area contributed by atoms with Crippen molar-refractivity contribution in [2.75, 3.05) is 5.32 Å². The van der Waals surface area contributed by atoms with Gasteiger partial charge in [0.05, 0.1) is 48.1 Å². The lowest BCUT2D eigenvalue weighted by Gasteiger charge is -2.10. The molecule has 0 saturated heterocycles. The summed E-state index contributed by atoms with van der Waals surface area (Å²) in [5, 5.41) is 20.2. The molecule has 0 aliphatic carbocycles. The van der Waals surface area contributed by atoms with Gasteiger partial charge in [0.1, 0.15) is 5.82 Å². The lowest BCUT2D eigenvalue weighted by atomic mass is 10.1. The van der Waals surface area contributed by atoms with E-state index in [1.807, 2.05) is 6.07 Å². The van der Waals surface area contributed by atoms with Gasteiger partial charge in [-0.2, -0.15) is 28.6 Å². The van der Waals surface area contributed by atoms with E-state index in [2.05, 4.69) is 15.5 Å². The fourth-order valence-electron chi connectivity index (χ4n) is 3.32. The van der Waals surface area contributed by atoms with Gasteiger partial charge >= 0.3 is 6.18 Å². The first-order valence-corrected chi connectivity index (χ1v) is 9.54. The summed E-state index contributed by atoms with van der Waals surface area (Å²) in [6.07, 6.45) is -4.20. The lowest BCUT2D eigenvalue weighted by molar-refractivity contribution is -0.137. The van der Waals surface area contributed by atoms with Crippen molar-refractivity contribution in [2.45, 2.75) is 46.3 Å². The van der Waals surface area contributed by atoms with Crippen LogP contribution in [0.5, 0.6) is 0 Å². The molecule has 1 amide bonds. The zero-order chi connectivity index (χ0) is 22.8. The van der Waals surface area contributed by atoms with E-state index >= 15 is 0 Å². The summed E-state index contributed by atoms with van der Waals surface area (Å²) in [6.45, 7) is 5.56. The lowest BCUT2D eigenvalue weighted by Crippen LogP contribution is -2.18. The number of carbonyl (C=O) groups excluding carboxylic acids is 1. The molecule has 0 aliphatic heterocycles. The quantitative estimate of drug-likeness (QED) is 0.638. The van der Waals surface area contributed by atoms with E-state index in [9.17, 15) is 18.0 Å². The fourth-order valence-corrected chi connectivity index (χ4v) is 3.32. The summed E-state index contributed by atoms with van der Waals surface area (Å²) in [5.41, 5.74) is 1.98. The minimum atomic E-state index is -4.46. The Kier molecular flexibility index (Phi) is 6.15. The van der Waals surface area contributed by atoms with Crippen molar-refractivity contribution in [3.63, 3.8) is 0 Å². The van der Waals surface area contributed by atoms with Crippen LogP contribution in [-0.2, 0) is 23.9 Å². The molecule has 0 unspecified atom stereocenters. The van der Waals surface area contributed by atoms with Crippen molar-refractivity contribution in [3.8, 4) is 11.8 Å². The zero-order valence-corrected chi connectivity index (χ0v) is 17.3. The molecule has 0 radical (unpaired) electrons. The first kappa shape index (κ1) is 22.1. The summed E-state index contributed by atoms with van der Waals surface area (Å²) >= 11 is 0. The van der Waals surface area contributed by atoms with Crippen LogP contribution in [-0.4, -0.2) is 25.5 Å². The molecule has 0 spiro atoms. The van der Waals surface area contributed by atoms with E-state index in [0.717, 1.165) is 12.1 Å². The first-order valence-electron chi connectivity index (χ1n) is 9.54. The third kappa shape index (κ3) is 4.94. The van der Waals surface area contributed by atoms with Crippen LogP contribution < -0.4 is 5.32 Å². The number of halogens is 3. The molecular weight excluding hydrogens is 409 g/mol. The highest BCUT2D eigenvalue weighted by atomic mass is 19.4. The number of amides is 1. The normalized spacial score (nSPS) is 11.4. The highest BCUT2D eigenvalue weighted by molar-refractivity contribution is 5.91. The van der Waals surface area contributed by atoms with Crippen LogP contribution >= 0.6 is 0 Å². The third-order valence-electron chi connectivity index (χ3n) is 4.80. The number of aromatic nitrogens is 4. The summed E-state index contributed by atoms with van der Waals surface area (Å²) in [4.78, 5) is 12.6. The largest absolute Gasteiger partial charge is 0.416 e. The highest BCUT2D eigenvalue weighted by Gasteiger charge is 2.30. The minimum absolute atomic E-state index is 0.000887. The molecular formula is C21H21F3N6O. The van der Waals surface area contributed by atoms with Gasteiger partial charge in [-0.1, -0.05) is 6.07 Å². The summed E-state index contributed by atoms with van der Waals surface area (Å²) in [6, 6.07) is 8.64. The fraction of sp³-hybridized carbons (Fsp3) is 0.333. The van der Waals surface area contributed by atoms with Crippen molar-refractivity contribution in [1.82, 2.24) is 19.6 Å². The Balaban J connectivity index is 1.82. The van der Waals surface area contributed by atoms with Crippen LogP contribution in [0.1, 0.15) is 34.6 Å². The molecule has 0 saturated carbocycles. The minimum Gasteiger partial charge on any atom is -0.311 e. The van der Waals surface area contributed by atoms with Gasteiger partial charge in [0, 0.05) is 17.3 Å². The molecule has 7 nitrogen and oxygen atoms in total. The number of carbonyl (C=O) groups is 1. The summed E-state index contributed by atoms with van der Waals surface area (Å²) in [5.74, 6) is 0.172. The number of nitrogens with zero attached hydrogens (tertiary/aromatic N) is 5. The molecule has 0 aliphatic rings. The number of benzene rings is 1. The Morgan fingerprint density at radius 2 is 1.94 bits per heavy atom. The summed E-state index contributed by atoms with van der Waals surface area (Å²) < 4.78 is 42.1. The molecule has 31 heavy (non-hydrogen) atoms.